The molecule has 0 bridgehead atoms. The molecule has 1 fully saturated rings. The maximum atomic E-state index is 12.9. The van der Waals surface area contributed by atoms with Gasteiger partial charge in [0, 0.05) is 24.4 Å². The molecule has 4 rings (SSSR count). The van der Waals surface area contributed by atoms with Gasteiger partial charge in [0.2, 0.25) is 11.8 Å². The van der Waals surface area contributed by atoms with Crippen molar-refractivity contribution < 1.29 is 14.4 Å². The highest BCUT2D eigenvalue weighted by Crippen LogP contribution is 2.30. The fourth-order valence-electron chi connectivity index (χ4n) is 3.70. The molecule has 3 aromatic rings. The number of thioether (sulfide) groups is 1. The van der Waals surface area contributed by atoms with Crippen molar-refractivity contribution >= 4 is 57.5 Å². The quantitative estimate of drug-likeness (QED) is 0.269. The van der Waals surface area contributed by atoms with E-state index >= 15 is 0 Å². The topological polar surface area (TPSA) is 105 Å². The summed E-state index contributed by atoms with van der Waals surface area (Å²) in [5.74, 6) is 1.09. The maximum Gasteiger partial charge on any atom is 0.228 e. The number of fused-ring (bicyclic) bond motifs is 1. The Morgan fingerprint density at radius 1 is 1.21 bits per heavy atom. The molecule has 0 saturated carbocycles. The number of nitrogens with one attached hydrogen (secondary N) is 1. The van der Waals surface area contributed by atoms with Crippen LogP contribution in [0.1, 0.15) is 59.4 Å². The van der Waals surface area contributed by atoms with Gasteiger partial charge in [-0.3, -0.25) is 19.3 Å². The van der Waals surface area contributed by atoms with Crippen LogP contribution in [0.4, 0.5) is 5.82 Å². The highest BCUT2D eigenvalue weighted by atomic mass is 32.2. The van der Waals surface area contributed by atoms with Crippen LogP contribution in [0.15, 0.2) is 29.3 Å². The molecule has 1 saturated heterocycles. The van der Waals surface area contributed by atoms with Crippen LogP contribution >= 0.6 is 23.1 Å². The summed E-state index contributed by atoms with van der Waals surface area (Å²) in [7, 11) is 0. The molecule has 4 heterocycles. The van der Waals surface area contributed by atoms with E-state index in [2.05, 4.69) is 20.3 Å². The van der Waals surface area contributed by atoms with E-state index in [-0.39, 0.29) is 29.3 Å². The van der Waals surface area contributed by atoms with Gasteiger partial charge in [-0.2, -0.15) is 0 Å². The van der Waals surface area contributed by atoms with Crippen molar-refractivity contribution in [2.24, 2.45) is 0 Å². The van der Waals surface area contributed by atoms with E-state index in [9.17, 15) is 14.4 Å². The molecule has 0 spiro atoms. The van der Waals surface area contributed by atoms with Crippen molar-refractivity contribution in [2.45, 2.75) is 51.0 Å². The molecule has 1 unspecified atom stereocenters. The number of hydrogen-bond donors (Lipinski definition) is 1. The summed E-state index contributed by atoms with van der Waals surface area (Å²) in [5.41, 5.74) is 1.27. The number of hydrogen-bond acceptors (Lipinski definition) is 8. The molecule has 178 valence electrons. The number of pyridine rings is 1. The molecule has 3 aromatic heterocycles. The second kappa shape index (κ2) is 10.6. The summed E-state index contributed by atoms with van der Waals surface area (Å²) < 4.78 is 0. The Hall–Kier alpha value is -2.85. The van der Waals surface area contributed by atoms with Crippen LogP contribution < -0.4 is 10.2 Å². The number of carbonyl (C=O) groups is 3. The minimum absolute atomic E-state index is 0.0293. The Balaban J connectivity index is 1.50. The van der Waals surface area contributed by atoms with E-state index in [1.165, 1.54) is 23.1 Å². The third kappa shape index (κ3) is 5.28. The lowest BCUT2D eigenvalue weighted by Gasteiger charge is -2.15. The van der Waals surface area contributed by atoms with Gasteiger partial charge in [-0.1, -0.05) is 18.7 Å². The zero-order valence-corrected chi connectivity index (χ0v) is 21.1. The van der Waals surface area contributed by atoms with Crippen molar-refractivity contribution in [2.75, 3.05) is 23.7 Å². The van der Waals surface area contributed by atoms with Crippen LogP contribution in [0.3, 0.4) is 0 Å². The first kappa shape index (κ1) is 24.3. The molecule has 0 aliphatic carbocycles. The zero-order chi connectivity index (χ0) is 24.2. The highest BCUT2D eigenvalue weighted by molar-refractivity contribution is 8.00. The number of ketones is 1. The van der Waals surface area contributed by atoms with Crippen LogP contribution in [0.5, 0.6) is 0 Å². The lowest BCUT2D eigenvalue weighted by Crippen LogP contribution is -2.28. The molecule has 1 atom stereocenters. The SMILES string of the molecule is CCCNC(=O)C(C)c1ccc(C(=O)CSc2nc(C)nc3ccc(N4CCCC4=O)nc23)s1. The van der Waals surface area contributed by atoms with Crippen LogP contribution in [-0.4, -0.2) is 51.4 Å². The van der Waals surface area contributed by atoms with E-state index in [1.807, 2.05) is 32.0 Å². The third-order valence-corrected chi connectivity index (χ3v) is 7.84. The Bertz CT molecular complexity index is 1240. The number of aromatic nitrogens is 3. The number of aryl methyl sites for hydroxylation is 1. The smallest absolute Gasteiger partial charge is 0.228 e. The number of carbonyl (C=O) groups excluding carboxylic acids is 3. The van der Waals surface area contributed by atoms with E-state index < -0.39 is 0 Å². The van der Waals surface area contributed by atoms with Crippen molar-refractivity contribution in [3.63, 3.8) is 0 Å². The normalized spacial score (nSPS) is 14.6. The van der Waals surface area contributed by atoms with Gasteiger partial charge < -0.3 is 5.32 Å². The summed E-state index contributed by atoms with van der Waals surface area (Å²) >= 11 is 2.67. The molecular weight excluding hydrogens is 470 g/mol. The van der Waals surface area contributed by atoms with Gasteiger partial charge in [-0.15, -0.1) is 11.3 Å². The molecule has 10 heteroatoms. The van der Waals surface area contributed by atoms with Gasteiger partial charge in [0.1, 0.15) is 22.2 Å². The first-order valence-electron chi connectivity index (χ1n) is 11.4. The number of nitrogens with zero attached hydrogens (tertiary/aromatic N) is 4. The number of Topliss-reactive ketones (excluding diaryl/α,β-unsaturated/α-hetero) is 1. The number of anilines is 1. The lowest BCUT2D eigenvalue weighted by atomic mass is 10.1. The average Bonchev–Trinajstić information content (AvgIpc) is 3.49. The zero-order valence-electron chi connectivity index (χ0n) is 19.5. The second-order valence-corrected chi connectivity index (χ2v) is 10.3. The molecule has 1 N–H and O–H groups in total. The Morgan fingerprint density at radius 2 is 2.03 bits per heavy atom. The van der Waals surface area contributed by atoms with Crippen molar-refractivity contribution in [1.82, 2.24) is 20.3 Å². The lowest BCUT2D eigenvalue weighted by molar-refractivity contribution is -0.122. The van der Waals surface area contributed by atoms with Crippen LogP contribution in [0.25, 0.3) is 11.0 Å². The monoisotopic (exact) mass is 497 g/mol. The highest BCUT2D eigenvalue weighted by Gasteiger charge is 2.24. The summed E-state index contributed by atoms with van der Waals surface area (Å²) in [6.07, 6.45) is 2.23. The van der Waals surface area contributed by atoms with Gasteiger partial charge in [0.05, 0.1) is 22.1 Å². The number of amides is 2. The van der Waals surface area contributed by atoms with Crippen LogP contribution in [0, 0.1) is 6.92 Å². The van der Waals surface area contributed by atoms with E-state index in [4.69, 9.17) is 0 Å². The van der Waals surface area contributed by atoms with Crippen molar-refractivity contribution in [3.8, 4) is 0 Å². The minimum Gasteiger partial charge on any atom is -0.356 e. The summed E-state index contributed by atoms with van der Waals surface area (Å²) in [6.45, 7) is 6.96. The van der Waals surface area contributed by atoms with Gasteiger partial charge in [0.25, 0.3) is 0 Å². The fraction of sp³-hybridized carbons (Fsp3) is 0.417. The molecular formula is C24H27N5O3S2. The number of thiophene rings is 1. The Kier molecular flexibility index (Phi) is 7.57. The predicted molar refractivity (Wildman–Crippen MR) is 135 cm³/mol. The second-order valence-electron chi connectivity index (χ2n) is 8.19. The van der Waals surface area contributed by atoms with Gasteiger partial charge in [-0.25, -0.2) is 15.0 Å². The Labute approximate surface area is 206 Å². The number of rotatable bonds is 9. The molecule has 8 nitrogen and oxygen atoms in total. The summed E-state index contributed by atoms with van der Waals surface area (Å²) in [5, 5.41) is 3.52. The van der Waals surface area contributed by atoms with Gasteiger partial charge in [0.15, 0.2) is 5.78 Å². The van der Waals surface area contributed by atoms with Gasteiger partial charge in [-0.05, 0) is 51.0 Å². The van der Waals surface area contributed by atoms with Crippen molar-refractivity contribution in [3.05, 3.63) is 39.8 Å². The summed E-state index contributed by atoms with van der Waals surface area (Å²) in [4.78, 5) is 54.1. The standard InChI is InChI=1S/C24H27N5O3S2/c1-4-11-25-23(32)14(2)18-8-9-19(34-18)17(30)13-33-24-22-16(26-15(3)27-24)7-10-20(28-22)29-12-5-6-21(29)31/h7-10,14H,4-6,11-13H2,1-3H3,(H,25,32). The maximum absolute atomic E-state index is 12.9. The van der Waals surface area contributed by atoms with E-state index in [0.29, 0.717) is 52.1 Å². The van der Waals surface area contributed by atoms with Crippen LogP contribution in [-0.2, 0) is 9.59 Å². The predicted octanol–water partition coefficient (Wildman–Crippen LogP) is 4.13. The van der Waals surface area contributed by atoms with E-state index in [0.717, 1.165) is 17.7 Å². The average molecular weight is 498 g/mol. The van der Waals surface area contributed by atoms with Crippen molar-refractivity contribution in [1.29, 1.82) is 0 Å². The first-order chi connectivity index (χ1) is 16.4. The van der Waals surface area contributed by atoms with E-state index in [1.54, 1.807) is 17.9 Å². The minimum atomic E-state index is -0.296. The third-order valence-electron chi connectivity index (χ3n) is 5.57. The summed E-state index contributed by atoms with van der Waals surface area (Å²) in [6, 6.07) is 7.29. The first-order valence-corrected chi connectivity index (χ1v) is 13.2. The molecule has 0 aromatic carbocycles. The largest absolute Gasteiger partial charge is 0.356 e. The fourth-order valence-corrected chi connectivity index (χ4v) is 5.69. The Morgan fingerprint density at radius 3 is 2.76 bits per heavy atom. The van der Waals surface area contributed by atoms with Gasteiger partial charge >= 0.3 is 0 Å². The molecule has 1 aliphatic rings. The molecule has 34 heavy (non-hydrogen) atoms. The molecule has 0 radical (unpaired) electrons. The molecule has 2 amide bonds. The van der Waals surface area contributed by atoms with Crippen LogP contribution in [0.2, 0.25) is 0 Å². The molecule has 1 aliphatic heterocycles.